The number of Topliss-reactive ketones (excluding diaryl/α,β-unsaturated/α-hetero) is 1. The van der Waals surface area contributed by atoms with Crippen molar-refractivity contribution in [3.8, 4) is 5.69 Å². The second-order valence-electron chi connectivity index (χ2n) is 6.12. The fourth-order valence-electron chi connectivity index (χ4n) is 3.07. The van der Waals surface area contributed by atoms with Gasteiger partial charge >= 0.3 is 6.21 Å². The Morgan fingerprint density at radius 3 is 2.68 bits per heavy atom. The molecule has 4 rings (SSSR count). The SMILES string of the molecule is Cc1nnc2n1-c1ccccc1C(c1ccc(Cl)cc1)=NN2CC(=O)C=[N+]=[N-]. The van der Waals surface area contributed by atoms with E-state index in [1.165, 1.54) is 5.01 Å². The van der Waals surface area contributed by atoms with Crippen LogP contribution in [0.3, 0.4) is 0 Å². The Bertz CT molecular complexity index is 1140. The zero-order valence-electron chi connectivity index (χ0n) is 14.8. The summed E-state index contributed by atoms with van der Waals surface area (Å²) < 4.78 is 1.84. The monoisotopic (exact) mass is 391 g/mol. The van der Waals surface area contributed by atoms with Gasteiger partial charge in [-0.15, -0.1) is 10.2 Å². The number of carbonyl (C=O) groups is 1. The molecule has 8 nitrogen and oxygen atoms in total. The third-order valence-electron chi connectivity index (χ3n) is 4.28. The summed E-state index contributed by atoms with van der Waals surface area (Å²) in [5, 5.41) is 15.1. The molecule has 0 N–H and O–H groups in total. The van der Waals surface area contributed by atoms with Crippen LogP contribution in [0, 0.1) is 6.92 Å². The molecule has 3 aromatic rings. The summed E-state index contributed by atoms with van der Waals surface area (Å²) in [7, 11) is 0. The van der Waals surface area contributed by atoms with Gasteiger partial charge in [0.05, 0.1) is 5.69 Å². The molecule has 0 unspecified atom stereocenters. The van der Waals surface area contributed by atoms with Gasteiger partial charge in [-0.3, -0.25) is 9.36 Å². The average Bonchev–Trinajstić information content (AvgIpc) is 3.01. The molecule has 28 heavy (non-hydrogen) atoms. The molecule has 0 aliphatic carbocycles. The first-order valence-electron chi connectivity index (χ1n) is 8.42. The van der Waals surface area contributed by atoms with E-state index in [2.05, 4.69) is 15.0 Å². The van der Waals surface area contributed by atoms with Gasteiger partial charge in [-0.1, -0.05) is 41.9 Å². The van der Waals surface area contributed by atoms with Gasteiger partial charge in [0, 0.05) is 16.1 Å². The van der Waals surface area contributed by atoms with E-state index in [1.54, 1.807) is 12.1 Å². The number of aryl methyl sites for hydroxylation is 1. The number of rotatable bonds is 4. The van der Waals surface area contributed by atoms with Gasteiger partial charge < -0.3 is 5.53 Å². The summed E-state index contributed by atoms with van der Waals surface area (Å²) in [6.45, 7) is 1.67. The molecule has 0 amide bonds. The predicted octanol–water partition coefficient (Wildman–Crippen LogP) is 2.67. The first-order valence-corrected chi connectivity index (χ1v) is 8.80. The van der Waals surface area contributed by atoms with Crippen LogP contribution >= 0.6 is 11.6 Å². The van der Waals surface area contributed by atoms with Gasteiger partial charge in [0.15, 0.2) is 0 Å². The number of hydrogen-bond donors (Lipinski definition) is 0. The quantitative estimate of drug-likeness (QED) is 0.387. The van der Waals surface area contributed by atoms with E-state index in [1.807, 2.05) is 47.9 Å². The van der Waals surface area contributed by atoms with Gasteiger partial charge in [0.2, 0.25) is 0 Å². The van der Waals surface area contributed by atoms with Gasteiger partial charge in [-0.2, -0.15) is 9.89 Å². The smallest absolute Gasteiger partial charge is 0.325 e. The Hall–Kier alpha value is -3.61. The second-order valence-corrected chi connectivity index (χ2v) is 6.56. The number of ketones is 1. The fraction of sp³-hybridized carbons (Fsp3) is 0.105. The number of fused-ring (bicyclic) bond motifs is 3. The number of para-hydroxylation sites is 1. The van der Waals surface area contributed by atoms with Gasteiger partial charge in [-0.05, 0) is 25.1 Å². The highest BCUT2D eigenvalue weighted by atomic mass is 35.5. The first kappa shape index (κ1) is 17.8. The van der Waals surface area contributed by atoms with Crippen LogP contribution in [0.2, 0.25) is 5.02 Å². The number of halogens is 1. The maximum Gasteiger partial charge on any atom is 0.325 e. The van der Waals surface area contributed by atoms with Gasteiger partial charge in [-0.25, -0.2) is 5.01 Å². The van der Waals surface area contributed by atoms with Crippen molar-refractivity contribution in [2.75, 3.05) is 11.6 Å². The minimum Gasteiger partial charge on any atom is -0.361 e. The molecule has 0 saturated carbocycles. The normalized spacial score (nSPS) is 12.4. The number of anilines is 1. The van der Waals surface area contributed by atoms with Crippen LogP contribution in [-0.4, -0.2) is 43.8 Å². The number of carbonyl (C=O) groups excluding carboxylic acids is 1. The molecule has 1 aliphatic heterocycles. The lowest BCUT2D eigenvalue weighted by molar-refractivity contribution is -0.114. The molecule has 138 valence electrons. The van der Waals surface area contributed by atoms with Crippen molar-refractivity contribution in [2.45, 2.75) is 6.92 Å². The molecule has 0 spiro atoms. The number of nitrogens with zero attached hydrogens (tertiary/aromatic N) is 7. The lowest BCUT2D eigenvalue weighted by atomic mass is 10.0. The lowest BCUT2D eigenvalue weighted by Gasteiger charge is -2.15. The molecule has 0 saturated heterocycles. The summed E-state index contributed by atoms with van der Waals surface area (Å²) in [6, 6.07) is 15.0. The maximum atomic E-state index is 12.1. The van der Waals surface area contributed by atoms with Crippen molar-refractivity contribution in [2.24, 2.45) is 5.10 Å². The van der Waals surface area contributed by atoms with Crippen LogP contribution in [0.1, 0.15) is 17.0 Å². The molecule has 0 fully saturated rings. The molecule has 0 bridgehead atoms. The van der Waals surface area contributed by atoms with Crippen LogP contribution in [0.4, 0.5) is 5.95 Å². The van der Waals surface area contributed by atoms with Gasteiger partial charge in [0.25, 0.3) is 11.7 Å². The molecule has 1 aliphatic rings. The second kappa shape index (κ2) is 7.19. The molecule has 2 aromatic carbocycles. The molecular formula is C19H14ClN7O. The lowest BCUT2D eigenvalue weighted by Crippen LogP contribution is -2.28. The van der Waals surface area contributed by atoms with E-state index in [0.717, 1.165) is 23.0 Å². The van der Waals surface area contributed by atoms with Crippen LogP contribution < -0.4 is 5.01 Å². The highest BCUT2D eigenvalue weighted by Gasteiger charge is 2.27. The number of hydrazone groups is 1. The predicted molar refractivity (Wildman–Crippen MR) is 105 cm³/mol. The summed E-state index contributed by atoms with van der Waals surface area (Å²) >= 11 is 6.04. The summed E-state index contributed by atoms with van der Waals surface area (Å²) in [6.07, 6.45) is 0.836. The number of benzene rings is 2. The molecule has 2 heterocycles. The van der Waals surface area contributed by atoms with Crippen LogP contribution in [0.25, 0.3) is 11.2 Å². The first-order chi connectivity index (χ1) is 13.6. The van der Waals surface area contributed by atoms with Crippen molar-refractivity contribution in [1.82, 2.24) is 14.8 Å². The zero-order valence-corrected chi connectivity index (χ0v) is 15.6. The van der Waals surface area contributed by atoms with Crippen LogP contribution in [-0.2, 0) is 4.79 Å². The van der Waals surface area contributed by atoms with E-state index >= 15 is 0 Å². The number of hydrogen-bond acceptors (Lipinski definition) is 5. The topological polar surface area (TPSA) is 99.8 Å². The Morgan fingerprint density at radius 2 is 1.93 bits per heavy atom. The van der Waals surface area contributed by atoms with Crippen molar-refractivity contribution in [3.63, 3.8) is 0 Å². The maximum absolute atomic E-state index is 12.1. The fourth-order valence-corrected chi connectivity index (χ4v) is 3.19. The summed E-state index contributed by atoms with van der Waals surface area (Å²) in [5.74, 6) is 0.622. The minimum absolute atomic E-state index is 0.159. The van der Waals surface area contributed by atoms with Crippen LogP contribution in [0.5, 0.6) is 0 Å². The molecule has 0 atom stereocenters. The Labute approximate surface area is 165 Å². The minimum atomic E-state index is -0.431. The van der Waals surface area contributed by atoms with Crippen molar-refractivity contribution in [1.29, 1.82) is 0 Å². The third kappa shape index (κ3) is 3.11. The van der Waals surface area contributed by atoms with Crippen LogP contribution in [0.15, 0.2) is 53.6 Å². The zero-order chi connectivity index (χ0) is 19.7. The van der Waals surface area contributed by atoms with E-state index < -0.39 is 5.78 Å². The largest absolute Gasteiger partial charge is 0.361 e. The Kier molecular flexibility index (Phi) is 4.57. The van der Waals surface area contributed by atoms with E-state index in [-0.39, 0.29) is 6.54 Å². The van der Waals surface area contributed by atoms with Crippen molar-refractivity contribution >= 4 is 35.3 Å². The molecular weight excluding hydrogens is 378 g/mol. The van der Waals surface area contributed by atoms with E-state index in [4.69, 9.17) is 22.2 Å². The molecule has 9 heteroatoms. The Morgan fingerprint density at radius 1 is 1.18 bits per heavy atom. The van der Waals surface area contributed by atoms with Crippen molar-refractivity contribution < 1.29 is 9.58 Å². The third-order valence-corrected chi connectivity index (χ3v) is 4.54. The van der Waals surface area contributed by atoms with E-state index in [9.17, 15) is 4.79 Å². The number of aromatic nitrogens is 3. The average molecular weight is 392 g/mol. The summed E-state index contributed by atoms with van der Waals surface area (Å²) in [4.78, 5) is 14.9. The van der Waals surface area contributed by atoms with Gasteiger partial charge in [0.1, 0.15) is 18.1 Å². The summed E-state index contributed by atoms with van der Waals surface area (Å²) in [5.41, 5.74) is 11.9. The standard InChI is InChI=1S/C19H14ClN7O/c1-12-23-24-19-26(11-15(28)10-22-21)25-18(13-6-8-14(20)9-7-13)16-4-2-3-5-17(16)27(12)19/h2-10H,11H2,1H3. The highest BCUT2D eigenvalue weighted by molar-refractivity contribution is 6.30. The molecule has 1 aromatic heterocycles. The highest BCUT2D eigenvalue weighted by Crippen LogP contribution is 2.29. The van der Waals surface area contributed by atoms with Crippen molar-refractivity contribution in [3.05, 3.63) is 76.0 Å². The Balaban J connectivity index is 1.96. The molecule has 0 radical (unpaired) electrons. The van der Waals surface area contributed by atoms with E-state index in [0.29, 0.717) is 22.5 Å².